The van der Waals surface area contributed by atoms with Crippen LogP contribution in [0.15, 0.2) is 0 Å². The molecule has 0 saturated heterocycles. The first kappa shape index (κ1) is 16.3. The SMILES string of the molecule is CCN(CC)S(=O)(=O)CC(=O)NCC(C)(C)N. The van der Waals surface area contributed by atoms with Crippen molar-refractivity contribution in [3.05, 3.63) is 0 Å². The second-order valence-electron chi connectivity index (χ2n) is 4.61. The third-order valence-electron chi connectivity index (χ3n) is 2.15. The second-order valence-corrected chi connectivity index (χ2v) is 6.57. The molecule has 0 atom stereocenters. The number of nitrogens with one attached hydrogen (secondary N) is 1. The molecule has 102 valence electrons. The molecule has 6 nitrogen and oxygen atoms in total. The zero-order chi connectivity index (χ0) is 13.7. The van der Waals surface area contributed by atoms with Crippen LogP contribution in [0.1, 0.15) is 27.7 Å². The molecule has 0 aromatic carbocycles. The number of hydrogen-bond donors (Lipinski definition) is 2. The smallest absolute Gasteiger partial charge is 0.236 e. The first-order valence-corrected chi connectivity index (χ1v) is 7.26. The van der Waals surface area contributed by atoms with Crippen molar-refractivity contribution in [1.82, 2.24) is 9.62 Å². The third kappa shape index (κ3) is 6.60. The van der Waals surface area contributed by atoms with Crippen LogP contribution >= 0.6 is 0 Å². The van der Waals surface area contributed by atoms with Gasteiger partial charge in [-0.15, -0.1) is 0 Å². The molecule has 0 aliphatic heterocycles. The van der Waals surface area contributed by atoms with Gasteiger partial charge in [0.15, 0.2) is 0 Å². The van der Waals surface area contributed by atoms with Gasteiger partial charge in [-0.1, -0.05) is 13.8 Å². The zero-order valence-electron chi connectivity index (χ0n) is 11.0. The first-order chi connectivity index (χ1) is 7.62. The fourth-order valence-electron chi connectivity index (χ4n) is 1.25. The molecule has 0 heterocycles. The van der Waals surface area contributed by atoms with Crippen molar-refractivity contribution < 1.29 is 13.2 Å². The largest absolute Gasteiger partial charge is 0.353 e. The van der Waals surface area contributed by atoms with E-state index < -0.39 is 27.2 Å². The maximum atomic E-state index is 11.8. The first-order valence-electron chi connectivity index (χ1n) is 5.65. The summed E-state index contributed by atoms with van der Waals surface area (Å²) in [5, 5.41) is 2.51. The molecule has 0 aliphatic rings. The third-order valence-corrected chi connectivity index (χ3v) is 4.08. The van der Waals surface area contributed by atoms with E-state index in [-0.39, 0.29) is 6.54 Å². The molecule has 3 N–H and O–H groups in total. The molecule has 0 saturated carbocycles. The highest BCUT2D eigenvalue weighted by molar-refractivity contribution is 7.89. The van der Waals surface area contributed by atoms with Crippen molar-refractivity contribution >= 4 is 15.9 Å². The minimum absolute atomic E-state index is 0.250. The Bertz CT molecular complexity index is 342. The zero-order valence-corrected chi connectivity index (χ0v) is 11.8. The molecule has 17 heavy (non-hydrogen) atoms. The average molecular weight is 265 g/mol. The molecule has 0 spiro atoms. The van der Waals surface area contributed by atoms with Crippen molar-refractivity contribution in [3.63, 3.8) is 0 Å². The maximum absolute atomic E-state index is 11.8. The lowest BCUT2D eigenvalue weighted by atomic mass is 10.1. The number of nitrogens with two attached hydrogens (primary N) is 1. The molecule has 1 amide bonds. The van der Waals surface area contributed by atoms with Gasteiger partial charge in [0.25, 0.3) is 0 Å². The number of amides is 1. The Kier molecular flexibility index (Phi) is 6.08. The fourth-order valence-corrected chi connectivity index (χ4v) is 2.65. The minimum Gasteiger partial charge on any atom is -0.353 e. The number of sulfonamides is 1. The lowest BCUT2D eigenvalue weighted by Gasteiger charge is -2.21. The van der Waals surface area contributed by atoms with Gasteiger partial charge in [-0.25, -0.2) is 12.7 Å². The lowest BCUT2D eigenvalue weighted by molar-refractivity contribution is -0.118. The molecule has 0 aromatic heterocycles. The van der Waals surface area contributed by atoms with Gasteiger partial charge in [0.05, 0.1) is 0 Å². The van der Waals surface area contributed by atoms with E-state index >= 15 is 0 Å². The van der Waals surface area contributed by atoms with Gasteiger partial charge in [0, 0.05) is 25.2 Å². The van der Waals surface area contributed by atoms with Gasteiger partial charge < -0.3 is 11.1 Å². The summed E-state index contributed by atoms with van der Waals surface area (Å²) >= 11 is 0. The van der Waals surface area contributed by atoms with Crippen LogP contribution in [0.3, 0.4) is 0 Å². The molecule has 0 radical (unpaired) electrons. The van der Waals surface area contributed by atoms with Crippen LogP contribution in [0.2, 0.25) is 0 Å². The second kappa shape index (κ2) is 6.32. The van der Waals surface area contributed by atoms with Crippen LogP contribution in [0, 0.1) is 0 Å². The van der Waals surface area contributed by atoms with E-state index in [9.17, 15) is 13.2 Å². The summed E-state index contributed by atoms with van der Waals surface area (Å²) in [6, 6.07) is 0. The van der Waals surface area contributed by atoms with Crippen LogP contribution in [0.5, 0.6) is 0 Å². The van der Waals surface area contributed by atoms with Crippen molar-refractivity contribution in [2.24, 2.45) is 5.73 Å². The van der Waals surface area contributed by atoms with Crippen LogP contribution in [0.4, 0.5) is 0 Å². The number of carbonyl (C=O) groups excluding carboxylic acids is 1. The van der Waals surface area contributed by atoms with Gasteiger partial charge in [-0.2, -0.15) is 0 Å². The van der Waals surface area contributed by atoms with Crippen LogP contribution in [-0.4, -0.2) is 49.6 Å². The lowest BCUT2D eigenvalue weighted by Crippen LogP contribution is -2.47. The van der Waals surface area contributed by atoms with E-state index in [1.807, 2.05) is 0 Å². The fraction of sp³-hybridized carbons (Fsp3) is 0.900. The normalized spacial score (nSPS) is 12.8. The number of rotatable bonds is 7. The summed E-state index contributed by atoms with van der Waals surface area (Å²) in [4.78, 5) is 11.5. The van der Waals surface area contributed by atoms with Crippen molar-refractivity contribution in [3.8, 4) is 0 Å². The molecule has 7 heteroatoms. The van der Waals surface area contributed by atoms with E-state index in [2.05, 4.69) is 5.32 Å². The number of hydrogen-bond acceptors (Lipinski definition) is 4. The molecule has 0 rings (SSSR count). The quantitative estimate of drug-likeness (QED) is 0.650. The number of nitrogens with zero attached hydrogens (tertiary/aromatic N) is 1. The highest BCUT2D eigenvalue weighted by atomic mass is 32.2. The van der Waals surface area contributed by atoms with Crippen LogP contribution in [-0.2, 0) is 14.8 Å². The monoisotopic (exact) mass is 265 g/mol. The summed E-state index contributed by atoms with van der Waals surface area (Å²) in [5.74, 6) is -1.04. The Morgan fingerprint density at radius 2 is 1.76 bits per heavy atom. The Balaban J connectivity index is 4.38. The summed E-state index contributed by atoms with van der Waals surface area (Å²) in [6.45, 7) is 7.98. The molecule has 0 fully saturated rings. The standard InChI is InChI=1S/C10H23N3O3S/c1-5-13(6-2)17(15,16)7-9(14)12-8-10(3,4)11/h5-8,11H2,1-4H3,(H,12,14). The summed E-state index contributed by atoms with van der Waals surface area (Å²) in [5.41, 5.74) is 5.14. The summed E-state index contributed by atoms with van der Waals surface area (Å²) in [6.07, 6.45) is 0. The highest BCUT2D eigenvalue weighted by Crippen LogP contribution is 2.01. The Labute approximate surface area is 104 Å². The van der Waals surface area contributed by atoms with E-state index in [1.165, 1.54) is 4.31 Å². The molecular formula is C10H23N3O3S. The Morgan fingerprint density at radius 1 is 1.29 bits per heavy atom. The van der Waals surface area contributed by atoms with Crippen molar-refractivity contribution in [2.45, 2.75) is 33.2 Å². The van der Waals surface area contributed by atoms with Gasteiger partial charge >= 0.3 is 0 Å². The molecule has 0 unspecified atom stereocenters. The predicted molar refractivity (Wildman–Crippen MR) is 68.0 cm³/mol. The van der Waals surface area contributed by atoms with Crippen molar-refractivity contribution in [1.29, 1.82) is 0 Å². The summed E-state index contributed by atoms with van der Waals surface area (Å²) in [7, 11) is -3.51. The van der Waals surface area contributed by atoms with Gasteiger partial charge in [-0.3, -0.25) is 4.79 Å². The van der Waals surface area contributed by atoms with Gasteiger partial charge in [0.1, 0.15) is 5.75 Å². The molecule has 0 aromatic rings. The summed E-state index contributed by atoms with van der Waals surface area (Å²) < 4.78 is 24.8. The predicted octanol–water partition coefficient (Wildman–Crippen LogP) is -0.488. The minimum atomic E-state index is -3.51. The van der Waals surface area contributed by atoms with Gasteiger partial charge in [-0.05, 0) is 13.8 Å². The average Bonchev–Trinajstić information content (AvgIpc) is 2.14. The Morgan fingerprint density at radius 3 is 2.12 bits per heavy atom. The maximum Gasteiger partial charge on any atom is 0.236 e. The number of carbonyl (C=O) groups is 1. The topological polar surface area (TPSA) is 92.5 Å². The molecule has 0 bridgehead atoms. The van der Waals surface area contributed by atoms with E-state index in [0.717, 1.165) is 0 Å². The molecular weight excluding hydrogens is 242 g/mol. The van der Waals surface area contributed by atoms with Crippen molar-refractivity contribution in [2.75, 3.05) is 25.4 Å². The van der Waals surface area contributed by atoms with E-state index in [4.69, 9.17) is 5.73 Å². The highest BCUT2D eigenvalue weighted by Gasteiger charge is 2.23. The van der Waals surface area contributed by atoms with Gasteiger partial charge in [0.2, 0.25) is 15.9 Å². The Hall–Kier alpha value is -0.660. The molecule has 0 aliphatic carbocycles. The van der Waals surface area contributed by atoms with E-state index in [0.29, 0.717) is 13.1 Å². The van der Waals surface area contributed by atoms with E-state index in [1.54, 1.807) is 27.7 Å². The van der Waals surface area contributed by atoms with Crippen LogP contribution in [0.25, 0.3) is 0 Å². The van der Waals surface area contributed by atoms with Crippen LogP contribution < -0.4 is 11.1 Å².